The minimum atomic E-state index is -5.08. The quantitative estimate of drug-likeness (QED) is 0.369. The number of nitrogens with zero attached hydrogens (tertiary/aromatic N) is 2. The summed E-state index contributed by atoms with van der Waals surface area (Å²) in [6, 6.07) is 0. The van der Waals surface area contributed by atoms with E-state index >= 15 is 0 Å². The highest BCUT2D eigenvalue weighted by atomic mass is 33.1. The van der Waals surface area contributed by atoms with Gasteiger partial charge in [-0.1, -0.05) is 21.6 Å². The lowest BCUT2D eigenvalue weighted by Crippen LogP contribution is -2.28. The van der Waals surface area contributed by atoms with Crippen molar-refractivity contribution in [1.82, 2.24) is 15.3 Å². The van der Waals surface area contributed by atoms with Crippen LogP contribution in [-0.2, 0) is 9.59 Å². The van der Waals surface area contributed by atoms with E-state index in [-0.39, 0.29) is 12.3 Å². The molecule has 2 rings (SSSR count). The fourth-order valence-electron chi connectivity index (χ4n) is 2.14. The molecular weight excluding hydrogens is 447 g/mol. The van der Waals surface area contributed by atoms with Crippen LogP contribution < -0.4 is 5.32 Å². The fourth-order valence-corrected chi connectivity index (χ4v) is 4.02. The van der Waals surface area contributed by atoms with Gasteiger partial charge in [-0.3, -0.25) is 9.59 Å². The largest absolute Gasteiger partial charge is 0.490 e. The lowest BCUT2D eigenvalue weighted by Gasteiger charge is -2.11. The number of aliphatic carboxylic acids is 2. The number of amides is 1. The van der Waals surface area contributed by atoms with E-state index in [1.54, 1.807) is 10.8 Å². The molecule has 1 amide bonds. The van der Waals surface area contributed by atoms with Gasteiger partial charge < -0.3 is 15.5 Å². The Morgan fingerprint density at radius 3 is 2.00 bits per heavy atom. The summed E-state index contributed by atoms with van der Waals surface area (Å²) >= 11 is 0. The molecule has 8 nitrogen and oxygen atoms in total. The molecule has 0 atom stereocenters. The summed E-state index contributed by atoms with van der Waals surface area (Å²) in [5.74, 6) is -1.04. The van der Waals surface area contributed by atoms with Gasteiger partial charge >= 0.3 is 18.1 Å². The highest BCUT2D eigenvalue weighted by molar-refractivity contribution is 8.76. The van der Waals surface area contributed by atoms with E-state index < -0.39 is 18.1 Å². The Balaban J connectivity index is 0.000000553. The first-order valence-electron chi connectivity index (χ1n) is 8.83. The first kappa shape index (κ1) is 26.0. The van der Waals surface area contributed by atoms with Crippen molar-refractivity contribution in [2.24, 2.45) is 0 Å². The molecule has 1 heterocycles. The third-order valence-electron chi connectivity index (χ3n) is 3.65. The predicted molar refractivity (Wildman–Crippen MR) is 107 cm³/mol. The third-order valence-corrected chi connectivity index (χ3v) is 6.06. The van der Waals surface area contributed by atoms with E-state index in [1.807, 2.05) is 13.8 Å². The number of aromatic nitrogens is 2. The molecule has 13 heteroatoms. The monoisotopic (exact) mass is 469 g/mol. The number of rotatable bonds is 9. The van der Waals surface area contributed by atoms with E-state index in [0.717, 1.165) is 35.8 Å². The summed E-state index contributed by atoms with van der Waals surface area (Å²) in [6.07, 6.45) is -2.64. The van der Waals surface area contributed by atoms with Crippen molar-refractivity contribution in [1.29, 1.82) is 0 Å². The summed E-state index contributed by atoms with van der Waals surface area (Å²) in [5.41, 5.74) is 2.04. The van der Waals surface area contributed by atoms with Crippen LogP contribution in [0.2, 0.25) is 0 Å². The second kappa shape index (κ2) is 12.0. The molecule has 1 aliphatic carbocycles. The van der Waals surface area contributed by atoms with Crippen LogP contribution in [0.3, 0.4) is 0 Å². The Bertz CT molecular complexity index is 750. The maximum Gasteiger partial charge on any atom is 0.490 e. The Morgan fingerprint density at radius 2 is 1.57 bits per heavy atom. The Hall–Kier alpha value is -2.02. The molecule has 1 aliphatic rings. The van der Waals surface area contributed by atoms with Crippen LogP contribution in [0.25, 0.3) is 0 Å². The van der Waals surface area contributed by atoms with Crippen molar-refractivity contribution in [2.45, 2.75) is 45.2 Å². The molecule has 0 radical (unpaired) electrons. The van der Waals surface area contributed by atoms with Gasteiger partial charge in [0.2, 0.25) is 0 Å². The zero-order valence-corrected chi connectivity index (χ0v) is 17.9. The molecule has 1 saturated carbocycles. The van der Waals surface area contributed by atoms with Gasteiger partial charge in [-0.2, -0.15) is 13.2 Å². The van der Waals surface area contributed by atoms with Gasteiger partial charge in [0.1, 0.15) is 5.82 Å². The normalized spacial score (nSPS) is 13.2. The van der Waals surface area contributed by atoms with E-state index in [2.05, 4.69) is 15.3 Å². The smallest absolute Gasteiger partial charge is 0.481 e. The van der Waals surface area contributed by atoms with Crippen LogP contribution in [0.5, 0.6) is 0 Å². The Morgan fingerprint density at radius 1 is 1.07 bits per heavy atom. The SMILES string of the molecule is Cc1nc(C2CC2)nc(C)c1C(=O)NCCSSCCC(=O)O.O=C(O)C(F)(F)F. The van der Waals surface area contributed by atoms with E-state index in [9.17, 15) is 22.8 Å². The minimum Gasteiger partial charge on any atom is -0.481 e. The molecule has 3 N–H and O–H groups in total. The van der Waals surface area contributed by atoms with Crippen molar-refractivity contribution in [3.63, 3.8) is 0 Å². The summed E-state index contributed by atoms with van der Waals surface area (Å²) in [7, 11) is 3.07. The maximum absolute atomic E-state index is 12.3. The fraction of sp³-hybridized carbons (Fsp3) is 0.588. The first-order chi connectivity index (χ1) is 13.9. The Kier molecular flexibility index (Phi) is 10.4. The number of hydrogen-bond acceptors (Lipinski definition) is 7. The van der Waals surface area contributed by atoms with Crippen LogP contribution >= 0.6 is 21.6 Å². The average Bonchev–Trinajstić information content (AvgIpc) is 3.44. The van der Waals surface area contributed by atoms with E-state index in [1.165, 1.54) is 10.8 Å². The number of halogens is 3. The lowest BCUT2D eigenvalue weighted by atomic mass is 10.1. The summed E-state index contributed by atoms with van der Waals surface area (Å²) in [4.78, 5) is 40.5. The van der Waals surface area contributed by atoms with Crippen molar-refractivity contribution in [2.75, 3.05) is 18.1 Å². The molecule has 0 unspecified atom stereocenters. The molecular formula is C17H22F3N3O5S2. The average molecular weight is 470 g/mol. The van der Waals surface area contributed by atoms with Gasteiger partial charge in [0, 0.05) is 24.0 Å². The van der Waals surface area contributed by atoms with Crippen molar-refractivity contribution in [3.05, 3.63) is 22.8 Å². The van der Waals surface area contributed by atoms with Crippen LogP contribution in [0.15, 0.2) is 0 Å². The zero-order valence-electron chi connectivity index (χ0n) is 16.3. The number of alkyl halides is 3. The van der Waals surface area contributed by atoms with Crippen LogP contribution in [0.1, 0.15) is 52.8 Å². The highest BCUT2D eigenvalue weighted by Gasteiger charge is 2.38. The van der Waals surface area contributed by atoms with Crippen LogP contribution in [0.4, 0.5) is 13.2 Å². The lowest BCUT2D eigenvalue weighted by molar-refractivity contribution is -0.192. The van der Waals surface area contributed by atoms with Gasteiger partial charge in [-0.05, 0) is 26.7 Å². The van der Waals surface area contributed by atoms with E-state index in [4.69, 9.17) is 15.0 Å². The molecule has 1 fully saturated rings. The molecule has 0 spiro atoms. The number of aryl methyl sites for hydroxylation is 2. The minimum absolute atomic E-state index is 0.140. The molecule has 30 heavy (non-hydrogen) atoms. The zero-order chi connectivity index (χ0) is 22.9. The molecule has 0 aromatic carbocycles. The number of carbonyl (C=O) groups is 3. The number of carboxylic acid groups (broad SMARTS) is 2. The van der Waals surface area contributed by atoms with Gasteiger partial charge in [-0.25, -0.2) is 14.8 Å². The maximum atomic E-state index is 12.3. The second-order valence-electron chi connectivity index (χ2n) is 6.25. The van der Waals surface area contributed by atoms with Gasteiger partial charge in [-0.15, -0.1) is 0 Å². The van der Waals surface area contributed by atoms with Crippen LogP contribution in [-0.4, -0.2) is 62.3 Å². The number of carbonyl (C=O) groups excluding carboxylic acids is 1. The van der Waals surface area contributed by atoms with Crippen molar-refractivity contribution in [3.8, 4) is 0 Å². The van der Waals surface area contributed by atoms with Gasteiger partial charge in [0.15, 0.2) is 0 Å². The van der Waals surface area contributed by atoms with Crippen molar-refractivity contribution >= 4 is 39.4 Å². The number of carboxylic acids is 2. The third kappa shape index (κ3) is 9.65. The molecule has 1 aromatic rings. The first-order valence-corrected chi connectivity index (χ1v) is 11.3. The number of nitrogens with one attached hydrogen (secondary N) is 1. The molecule has 0 saturated heterocycles. The van der Waals surface area contributed by atoms with E-state index in [0.29, 0.717) is 23.8 Å². The van der Waals surface area contributed by atoms with Gasteiger partial charge in [0.05, 0.1) is 23.4 Å². The molecule has 0 aliphatic heterocycles. The summed E-state index contributed by atoms with van der Waals surface area (Å²) < 4.78 is 31.7. The summed E-state index contributed by atoms with van der Waals surface area (Å²) in [5, 5.41) is 18.5. The van der Waals surface area contributed by atoms with Gasteiger partial charge in [0.25, 0.3) is 5.91 Å². The molecule has 0 bridgehead atoms. The topological polar surface area (TPSA) is 129 Å². The number of hydrogen-bond donors (Lipinski definition) is 3. The molecule has 1 aromatic heterocycles. The predicted octanol–water partition coefficient (Wildman–Crippen LogP) is 3.19. The molecule has 168 valence electrons. The Labute approximate surface area is 178 Å². The summed E-state index contributed by atoms with van der Waals surface area (Å²) in [6.45, 7) is 4.24. The van der Waals surface area contributed by atoms with Crippen LogP contribution in [0, 0.1) is 13.8 Å². The highest BCUT2D eigenvalue weighted by Crippen LogP contribution is 2.38. The second-order valence-corrected chi connectivity index (χ2v) is 8.95. The standard InChI is InChI=1S/C15H21N3O3S2.C2HF3O2/c1-9-13(10(2)18-14(17-9)11-3-4-11)15(21)16-6-8-23-22-7-5-12(19)20;3-2(4,5)1(6)7/h11H,3-8H2,1-2H3,(H,16,21)(H,19,20);(H,6,7). The van der Waals surface area contributed by atoms with Crippen molar-refractivity contribution < 1.29 is 37.8 Å².